The van der Waals surface area contributed by atoms with E-state index in [1.807, 2.05) is 0 Å². The number of rotatable bonds is 5. The van der Waals surface area contributed by atoms with Crippen molar-refractivity contribution >= 4 is 10.9 Å². The molecule has 1 unspecified atom stereocenters. The largest absolute Gasteiger partial charge is 0.573 e. The van der Waals surface area contributed by atoms with Crippen LogP contribution in [0.4, 0.5) is 13.2 Å². The fourth-order valence-electron chi connectivity index (χ4n) is 1.94. The standard InChI is InChI=1S/C13H13F3N2O4/c1-21-6-8(19)5-18-7-17-11-3-2-9(22-13(14,15)16)4-10(11)12(18)20/h2-4,7-8,19H,5-6H2,1H3. The van der Waals surface area contributed by atoms with E-state index in [0.717, 1.165) is 16.7 Å². The molecule has 9 heteroatoms. The Morgan fingerprint density at radius 2 is 2.14 bits per heavy atom. The number of hydrogen-bond acceptors (Lipinski definition) is 5. The first-order valence-electron chi connectivity index (χ1n) is 6.22. The monoisotopic (exact) mass is 318 g/mol. The van der Waals surface area contributed by atoms with E-state index in [9.17, 15) is 23.1 Å². The Morgan fingerprint density at radius 1 is 1.41 bits per heavy atom. The van der Waals surface area contributed by atoms with Gasteiger partial charge in [0.2, 0.25) is 0 Å². The first-order chi connectivity index (χ1) is 10.3. The first kappa shape index (κ1) is 16.2. The van der Waals surface area contributed by atoms with Crippen molar-refractivity contribution in [3.63, 3.8) is 0 Å². The molecule has 2 rings (SSSR count). The number of aliphatic hydroxyl groups excluding tert-OH is 1. The molecule has 6 nitrogen and oxygen atoms in total. The van der Waals surface area contributed by atoms with E-state index in [2.05, 4.69) is 9.72 Å². The van der Waals surface area contributed by atoms with Crippen LogP contribution in [0.5, 0.6) is 5.75 Å². The molecule has 0 saturated carbocycles. The van der Waals surface area contributed by atoms with Crippen LogP contribution in [0.2, 0.25) is 0 Å². The molecular weight excluding hydrogens is 305 g/mol. The third kappa shape index (κ3) is 3.95. The Hall–Kier alpha value is -2.13. The van der Waals surface area contributed by atoms with Crippen LogP contribution in [-0.4, -0.2) is 40.8 Å². The molecule has 0 bridgehead atoms. The summed E-state index contributed by atoms with van der Waals surface area (Å²) in [6.07, 6.45) is -4.56. The third-order valence-corrected chi connectivity index (χ3v) is 2.80. The SMILES string of the molecule is COCC(O)Cn1cnc2ccc(OC(F)(F)F)cc2c1=O. The van der Waals surface area contributed by atoms with Crippen LogP contribution in [0, 0.1) is 0 Å². The molecule has 0 aliphatic rings. The molecule has 0 radical (unpaired) electrons. The van der Waals surface area contributed by atoms with E-state index in [1.54, 1.807) is 0 Å². The lowest BCUT2D eigenvalue weighted by atomic mass is 10.2. The zero-order valence-corrected chi connectivity index (χ0v) is 11.5. The Morgan fingerprint density at radius 3 is 2.77 bits per heavy atom. The number of aromatic nitrogens is 2. The number of halogens is 3. The Bertz CT molecular complexity index is 714. The topological polar surface area (TPSA) is 73.6 Å². The van der Waals surface area contributed by atoms with Gasteiger partial charge >= 0.3 is 6.36 Å². The lowest BCUT2D eigenvalue weighted by Gasteiger charge is -2.12. The number of nitrogens with zero attached hydrogens (tertiary/aromatic N) is 2. The van der Waals surface area contributed by atoms with Crippen LogP contribution < -0.4 is 10.3 Å². The lowest BCUT2D eigenvalue weighted by molar-refractivity contribution is -0.274. The smallest absolute Gasteiger partial charge is 0.406 e. The molecule has 1 heterocycles. The number of methoxy groups -OCH3 is 1. The van der Waals surface area contributed by atoms with Crippen LogP contribution in [0.25, 0.3) is 10.9 Å². The highest BCUT2D eigenvalue weighted by Gasteiger charge is 2.31. The number of aliphatic hydroxyl groups is 1. The van der Waals surface area contributed by atoms with Gasteiger partial charge in [-0.15, -0.1) is 13.2 Å². The van der Waals surface area contributed by atoms with Gasteiger partial charge in [0.05, 0.1) is 36.5 Å². The van der Waals surface area contributed by atoms with Gasteiger partial charge in [0, 0.05) is 7.11 Å². The van der Waals surface area contributed by atoms with E-state index in [-0.39, 0.29) is 24.1 Å². The van der Waals surface area contributed by atoms with E-state index in [0.29, 0.717) is 0 Å². The summed E-state index contributed by atoms with van der Waals surface area (Å²) in [5.41, 5.74) is -0.343. The predicted octanol–water partition coefficient (Wildman–Crippen LogP) is 1.30. The molecule has 1 atom stereocenters. The van der Waals surface area contributed by atoms with E-state index >= 15 is 0 Å². The van der Waals surface area contributed by atoms with E-state index in [4.69, 9.17) is 4.74 Å². The van der Waals surface area contributed by atoms with Crippen molar-refractivity contribution in [1.82, 2.24) is 9.55 Å². The highest BCUT2D eigenvalue weighted by atomic mass is 19.4. The van der Waals surface area contributed by atoms with Gasteiger partial charge in [-0.25, -0.2) is 4.98 Å². The Kier molecular flexibility index (Phi) is 4.67. The van der Waals surface area contributed by atoms with Crippen molar-refractivity contribution < 1.29 is 27.8 Å². The van der Waals surface area contributed by atoms with Crippen LogP contribution in [-0.2, 0) is 11.3 Å². The average Bonchev–Trinajstić information content (AvgIpc) is 2.41. The van der Waals surface area contributed by atoms with Gasteiger partial charge in [-0.1, -0.05) is 0 Å². The Balaban J connectivity index is 2.38. The van der Waals surface area contributed by atoms with Crippen molar-refractivity contribution in [3.05, 3.63) is 34.9 Å². The van der Waals surface area contributed by atoms with Crippen LogP contribution in [0.1, 0.15) is 0 Å². The molecule has 2 aromatic rings. The summed E-state index contributed by atoms with van der Waals surface area (Å²) in [6, 6.07) is 3.30. The molecule has 0 saturated heterocycles. The maximum atomic E-state index is 12.2. The minimum atomic E-state index is -4.84. The average molecular weight is 318 g/mol. The highest BCUT2D eigenvalue weighted by Crippen LogP contribution is 2.24. The highest BCUT2D eigenvalue weighted by molar-refractivity contribution is 5.78. The van der Waals surface area contributed by atoms with Crippen molar-refractivity contribution in [3.8, 4) is 5.75 Å². The number of hydrogen-bond donors (Lipinski definition) is 1. The molecule has 22 heavy (non-hydrogen) atoms. The molecular formula is C13H13F3N2O4. The van der Waals surface area contributed by atoms with Crippen molar-refractivity contribution in [1.29, 1.82) is 0 Å². The summed E-state index contributed by atoms with van der Waals surface area (Å²) >= 11 is 0. The number of alkyl halides is 3. The number of fused-ring (bicyclic) bond motifs is 1. The summed E-state index contributed by atoms with van der Waals surface area (Å²) in [7, 11) is 1.39. The van der Waals surface area contributed by atoms with Gasteiger partial charge in [0.15, 0.2) is 0 Å². The van der Waals surface area contributed by atoms with Gasteiger partial charge in [0.1, 0.15) is 5.75 Å². The quantitative estimate of drug-likeness (QED) is 0.899. The van der Waals surface area contributed by atoms with Crippen molar-refractivity contribution in [2.75, 3.05) is 13.7 Å². The normalized spacial score (nSPS) is 13.3. The molecule has 1 N–H and O–H groups in total. The molecule has 0 aliphatic carbocycles. The lowest BCUT2D eigenvalue weighted by Crippen LogP contribution is -2.29. The summed E-state index contributed by atoms with van der Waals surface area (Å²) in [6.45, 7) is -0.0678. The van der Waals surface area contributed by atoms with Gasteiger partial charge in [-0.05, 0) is 18.2 Å². The third-order valence-electron chi connectivity index (χ3n) is 2.80. The summed E-state index contributed by atoms with van der Waals surface area (Å²) < 4.78 is 46.3. The molecule has 0 spiro atoms. The maximum Gasteiger partial charge on any atom is 0.573 e. The molecule has 120 valence electrons. The molecule has 1 aromatic heterocycles. The zero-order valence-electron chi connectivity index (χ0n) is 11.5. The molecule has 0 fully saturated rings. The second-order valence-electron chi connectivity index (χ2n) is 4.54. The van der Waals surface area contributed by atoms with Crippen LogP contribution in [0.15, 0.2) is 29.3 Å². The summed E-state index contributed by atoms with van der Waals surface area (Å²) in [5.74, 6) is -0.505. The van der Waals surface area contributed by atoms with Gasteiger partial charge in [-0.3, -0.25) is 9.36 Å². The van der Waals surface area contributed by atoms with Gasteiger partial charge < -0.3 is 14.6 Å². The fraction of sp³-hybridized carbons (Fsp3) is 0.385. The van der Waals surface area contributed by atoms with Crippen LogP contribution in [0.3, 0.4) is 0 Å². The maximum absolute atomic E-state index is 12.2. The van der Waals surface area contributed by atoms with E-state index < -0.39 is 23.8 Å². The van der Waals surface area contributed by atoms with Gasteiger partial charge in [0.25, 0.3) is 5.56 Å². The number of ether oxygens (including phenoxy) is 2. The molecule has 1 aromatic carbocycles. The summed E-state index contributed by atoms with van der Waals surface area (Å²) in [5, 5.41) is 9.59. The van der Waals surface area contributed by atoms with E-state index in [1.165, 1.54) is 19.5 Å². The number of benzene rings is 1. The van der Waals surface area contributed by atoms with Crippen LogP contribution >= 0.6 is 0 Å². The van der Waals surface area contributed by atoms with Crippen molar-refractivity contribution in [2.24, 2.45) is 0 Å². The second-order valence-corrected chi connectivity index (χ2v) is 4.54. The van der Waals surface area contributed by atoms with Gasteiger partial charge in [-0.2, -0.15) is 0 Å². The first-order valence-corrected chi connectivity index (χ1v) is 6.22. The zero-order chi connectivity index (χ0) is 16.3. The minimum Gasteiger partial charge on any atom is -0.406 e. The fourth-order valence-corrected chi connectivity index (χ4v) is 1.94. The summed E-state index contributed by atoms with van der Waals surface area (Å²) in [4.78, 5) is 16.2. The van der Waals surface area contributed by atoms with Crippen molar-refractivity contribution in [2.45, 2.75) is 19.0 Å². The minimum absolute atomic E-state index is 0.0156. The molecule has 0 amide bonds. The molecule has 0 aliphatic heterocycles. The Labute approximate surface area is 122 Å². The predicted molar refractivity (Wildman–Crippen MR) is 70.6 cm³/mol. The second kappa shape index (κ2) is 6.32.